The summed E-state index contributed by atoms with van der Waals surface area (Å²) in [6.45, 7) is 1.85. The number of anilines is 1. The molecule has 0 unspecified atom stereocenters. The molecule has 8 heteroatoms. The van der Waals surface area contributed by atoms with Crippen LogP contribution in [0.15, 0.2) is 18.2 Å². The van der Waals surface area contributed by atoms with E-state index < -0.39 is 5.41 Å². The molecule has 2 fully saturated rings. The zero-order chi connectivity index (χ0) is 20.0. The molecule has 154 valence electrons. The Balaban J connectivity index is 1.67. The molecule has 1 saturated heterocycles. The third-order valence-electron chi connectivity index (χ3n) is 5.19. The first-order valence-electron chi connectivity index (χ1n) is 9.67. The van der Waals surface area contributed by atoms with E-state index in [1.807, 2.05) is 0 Å². The topological polar surface area (TPSA) is 97.9 Å². The molecule has 1 aromatic carbocycles. The molecule has 1 heterocycles. The van der Waals surface area contributed by atoms with Gasteiger partial charge in [0, 0.05) is 24.9 Å². The van der Waals surface area contributed by atoms with E-state index in [0.29, 0.717) is 36.6 Å². The molecule has 2 aliphatic rings. The molecule has 0 bridgehead atoms. The quantitative estimate of drug-likeness (QED) is 0.587. The number of hydrogen-bond acceptors (Lipinski definition) is 6. The van der Waals surface area contributed by atoms with Crippen molar-refractivity contribution in [3.05, 3.63) is 18.2 Å². The Morgan fingerprint density at radius 1 is 1.18 bits per heavy atom. The number of carbonyl (C=O) groups excluding carboxylic acids is 2. The van der Waals surface area contributed by atoms with Crippen LogP contribution in [-0.4, -0.2) is 58.4 Å². The van der Waals surface area contributed by atoms with Crippen LogP contribution in [0.5, 0.6) is 11.5 Å². The summed E-state index contributed by atoms with van der Waals surface area (Å²) in [5.41, 5.74) is 0.0443. The molecule has 1 aliphatic heterocycles. The summed E-state index contributed by atoms with van der Waals surface area (Å²) in [7, 11) is 3.15. The van der Waals surface area contributed by atoms with Crippen molar-refractivity contribution in [1.82, 2.24) is 10.6 Å². The molecule has 28 heavy (non-hydrogen) atoms. The number of piperidine rings is 1. The maximum atomic E-state index is 13.0. The first-order chi connectivity index (χ1) is 13.6. The summed E-state index contributed by atoms with van der Waals surface area (Å²) in [6, 6.07) is 5.44. The number of amides is 2. The predicted molar refractivity (Wildman–Crippen MR) is 105 cm³/mol. The summed E-state index contributed by atoms with van der Waals surface area (Å²) in [4.78, 5) is 24.9. The summed E-state index contributed by atoms with van der Waals surface area (Å²) in [6.07, 6.45) is 3.48. The van der Waals surface area contributed by atoms with Gasteiger partial charge in [-0.2, -0.15) is 0 Å². The number of nitrogens with one attached hydrogen (secondary N) is 3. The molecule has 0 atom stereocenters. The molecule has 2 amide bonds. The Morgan fingerprint density at radius 3 is 2.57 bits per heavy atom. The van der Waals surface area contributed by atoms with Crippen molar-refractivity contribution in [1.29, 1.82) is 0 Å². The van der Waals surface area contributed by atoms with E-state index in [4.69, 9.17) is 14.2 Å². The Bertz CT molecular complexity index is 694. The van der Waals surface area contributed by atoms with Gasteiger partial charge in [0.05, 0.1) is 19.1 Å². The van der Waals surface area contributed by atoms with Crippen molar-refractivity contribution in [2.45, 2.75) is 31.7 Å². The van der Waals surface area contributed by atoms with E-state index in [9.17, 15) is 9.59 Å². The highest BCUT2D eigenvalue weighted by Crippen LogP contribution is 2.34. The van der Waals surface area contributed by atoms with Crippen molar-refractivity contribution in [2.24, 2.45) is 5.41 Å². The van der Waals surface area contributed by atoms with Gasteiger partial charge in [0.25, 0.3) is 5.91 Å². The van der Waals surface area contributed by atoms with Gasteiger partial charge >= 0.3 is 0 Å². The van der Waals surface area contributed by atoms with Gasteiger partial charge in [0.15, 0.2) is 18.1 Å². The zero-order valence-corrected chi connectivity index (χ0v) is 16.5. The molecule has 3 rings (SSSR count). The average molecular weight is 391 g/mol. The van der Waals surface area contributed by atoms with Gasteiger partial charge in [0.2, 0.25) is 5.91 Å². The number of hydrogen-bond donors (Lipinski definition) is 3. The van der Waals surface area contributed by atoms with E-state index >= 15 is 0 Å². The highest BCUT2D eigenvalue weighted by Gasteiger charge is 2.39. The second-order valence-corrected chi connectivity index (χ2v) is 7.41. The average Bonchev–Trinajstić information content (AvgIpc) is 3.51. The lowest BCUT2D eigenvalue weighted by molar-refractivity contribution is -0.130. The Morgan fingerprint density at radius 2 is 1.93 bits per heavy atom. The van der Waals surface area contributed by atoms with E-state index in [2.05, 4.69) is 16.0 Å². The molecule has 0 spiro atoms. The fourth-order valence-corrected chi connectivity index (χ4v) is 3.39. The highest BCUT2D eigenvalue weighted by atomic mass is 16.5. The van der Waals surface area contributed by atoms with E-state index in [1.54, 1.807) is 25.3 Å². The SMILES string of the molecule is COCC1(C(=O)Nc2ccc(OC)c(OCC(=O)NC3CC3)c2)CCNCC1. The van der Waals surface area contributed by atoms with Gasteiger partial charge in [-0.25, -0.2) is 0 Å². The molecular formula is C20H29N3O5. The van der Waals surface area contributed by atoms with Crippen LogP contribution in [0.1, 0.15) is 25.7 Å². The van der Waals surface area contributed by atoms with Crippen molar-refractivity contribution < 1.29 is 23.8 Å². The lowest BCUT2D eigenvalue weighted by Crippen LogP contribution is -2.47. The van der Waals surface area contributed by atoms with Crippen molar-refractivity contribution in [2.75, 3.05) is 45.8 Å². The molecular weight excluding hydrogens is 362 g/mol. The van der Waals surface area contributed by atoms with Crippen molar-refractivity contribution >= 4 is 17.5 Å². The standard InChI is InChI=1S/C20H29N3O5/c1-26-13-20(7-9-21-10-8-20)19(25)23-15-5-6-16(27-2)17(11-15)28-12-18(24)22-14-3-4-14/h5-6,11,14,21H,3-4,7-10,12-13H2,1-2H3,(H,22,24)(H,23,25). The summed E-state index contributed by atoms with van der Waals surface area (Å²) < 4.78 is 16.3. The van der Waals surface area contributed by atoms with Gasteiger partial charge in [0.1, 0.15) is 0 Å². The molecule has 3 N–H and O–H groups in total. The normalized spacial score (nSPS) is 18.2. The van der Waals surface area contributed by atoms with Crippen LogP contribution >= 0.6 is 0 Å². The molecule has 0 radical (unpaired) electrons. The minimum absolute atomic E-state index is 0.0709. The van der Waals surface area contributed by atoms with Crippen LogP contribution in [0, 0.1) is 5.41 Å². The van der Waals surface area contributed by atoms with Crippen LogP contribution in [0.3, 0.4) is 0 Å². The smallest absolute Gasteiger partial charge is 0.258 e. The third-order valence-corrected chi connectivity index (χ3v) is 5.19. The second-order valence-electron chi connectivity index (χ2n) is 7.41. The monoisotopic (exact) mass is 391 g/mol. The van der Waals surface area contributed by atoms with E-state index in [1.165, 1.54) is 7.11 Å². The maximum Gasteiger partial charge on any atom is 0.258 e. The minimum Gasteiger partial charge on any atom is -0.493 e. The van der Waals surface area contributed by atoms with Gasteiger partial charge in [-0.15, -0.1) is 0 Å². The zero-order valence-electron chi connectivity index (χ0n) is 16.5. The summed E-state index contributed by atoms with van der Waals surface area (Å²) in [5.74, 6) is 0.689. The van der Waals surface area contributed by atoms with Crippen LogP contribution in [0.2, 0.25) is 0 Å². The fraction of sp³-hybridized carbons (Fsp3) is 0.600. The molecule has 1 saturated carbocycles. The third kappa shape index (κ3) is 5.14. The Hall–Kier alpha value is -2.32. The number of carbonyl (C=O) groups is 2. The minimum atomic E-state index is -0.550. The second kappa shape index (κ2) is 9.25. The summed E-state index contributed by atoms with van der Waals surface area (Å²) >= 11 is 0. The molecule has 1 aliphatic carbocycles. The lowest BCUT2D eigenvalue weighted by atomic mass is 9.78. The van der Waals surface area contributed by atoms with Crippen LogP contribution in [0.25, 0.3) is 0 Å². The lowest BCUT2D eigenvalue weighted by Gasteiger charge is -2.35. The molecule has 1 aromatic rings. The number of methoxy groups -OCH3 is 2. The van der Waals surface area contributed by atoms with Gasteiger partial charge in [-0.3, -0.25) is 9.59 Å². The van der Waals surface area contributed by atoms with Crippen LogP contribution in [-0.2, 0) is 14.3 Å². The van der Waals surface area contributed by atoms with Gasteiger partial charge < -0.3 is 30.2 Å². The largest absolute Gasteiger partial charge is 0.493 e. The van der Waals surface area contributed by atoms with Gasteiger partial charge in [-0.1, -0.05) is 0 Å². The fourth-order valence-electron chi connectivity index (χ4n) is 3.39. The first-order valence-corrected chi connectivity index (χ1v) is 9.67. The van der Waals surface area contributed by atoms with Crippen LogP contribution < -0.4 is 25.4 Å². The van der Waals surface area contributed by atoms with Crippen LogP contribution in [0.4, 0.5) is 5.69 Å². The van der Waals surface area contributed by atoms with Crippen molar-refractivity contribution in [3.63, 3.8) is 0 Å². The van der Waals surface area contributed by atoms with E-state index in [0.717, 1.165) is 25.9 Å². The Labute approximate surface area is 165 Å². The number of rotatable bonds is 9. The first kappa shape index (κ1) is 20.4. The predicted octanol–water partition coefficient (Wildman–Crippen LogP) is 1.31. The maximum absolute atomic E-state index is 13.0. The highest BCUT2D eigenvalue weighted by molar-refractivity contribution is 5.96. The van der Waals surface area contributed by atoms with E-state index in [-0.39, 0.29) is 24.5 Å². The van der Waals surface area contributed by atoms with Gasteiger partial charge in [-0.05, 0) is 50.9 Å². The molecule has 8 nitrogen and oxygen atoms in total. The van der Waals surface area contributed by atoms with Crippen molar-refractivity contribution in [3.8, 4) is 11.5 Å². The molecule has 0 aromatic heterocycles. The Kier molecular flexibility index (Phi) is 6.74. The summed E-state index contributed by atoms with van der Waals surface area (Å²) in [5, 5.41) is 9.13. The number of benzene rings is 1. The number of ether oxygens (including phenoxy) is 3.